The zero-order valence-electron chi connectivity index (χ0n) is 18.9. The zero-order chi connectivity index (χ0) is 21.6. The van der Waals surface area contributed by atoms with E-state index in [1.165, 1.54) is 11.0 Å². The molecule has 2 aliphatic carbocycles. The van der Waals surface area contributed by atoms with E-state index in [1.54, 1.807) is 12.1 Å². The molecule has 1 fully saturated rings. The Morgan fingerprint density at radius 3 is 3.25 bits per heavy atom. The maximum absolute atomic E-state index is 12.1. The number of hydrogen-bond acceptors (Lipinski definition) is 5. The van der Waals surface area contributed by atoms with Gasteiger partial charge in [-0.2, -0.15) is 0 Å². The lowest BCUT2D eigenvalue weighted by atomic mass is 9.53. The maximum Gasteiger partial charge on any atom is 0.303 e. The second-order valence-corrected chi connectivity index (χ2v) is 7.02. The van der Waals surface area contributed by atoms with E-state index in [1.807, 2.05) is 6.08 Å². The first-order valence-corrected chi connectivity index (χ1v) is 8.13. The van der Waals surface area contributed by atoms with Crippen LogP contribution in [0.1, 0.15) is 32.6 Å². The zero-order valence-corrected chi connectivity index (χ0v) is 12.9. The van der Waals surface area contributed by atoms with Gasteiger partial charge in [0.2, 0.25) is 0 Å². The minimum Gasteiger partial charge on any atom is -0.504 e. The molecule has 1 aromatic rings. The van der Waals surface area contributed by atoms with Gasteiger partial charge in [-0.3, -0.25) is 4.79 Å². The molecule has 1 N–H and O–H groups in total. The highest BCUT2D eigenvalue weighted by molar-refractivity contribution is 5.67. The fourth-order valence-electron chi connectivity index (χ4n) is 5.26. The van der Waals surface area contributed by atoms with Crippen molar-refractivity contribution in [2.45, 2.75) is 43.4 Å². The van der Waals surface area contributed by atoms with Gasteiger partial charge in [0, 0.05) is 38.0 Å². The Labute approximate surface area is 149 Å². The first-order valence-electron chi connectivity index (χ1n) is 11.1. The van der Waals surface area contributed by atoms with E-state index in [-0.39, 0.29) is 17.7 Å². The van der Waals surface area contributed by atoms with Crippen LogP contribution in [0, 0.1) is 5.92 Å². The van der Waals surface area contributed by atoms with E-state index in [9.17, 15) is 9.90 Å². The Balaban J connectivity index is 1.64. The second kappa shape index (κ2) is 4.54. The highest BCUT2D eigenvalue weighted by Gasteiger charge is 2.64. The van der Waals surface area contributed by atoms with Crippen molar-refractivity contribution >= 4 is 5.97 Å². The predicted molar refractivity (Wildman–Crippen MR) is 87.1 cm³/mol. The fourth-order valence-corrected chi connectivity index (χ4v) is 5.26. The molecule has 0 amide bonds. The Morgan fingerprint density at radius 2 is 2.42 bits per heavy atom. The van der Waals surface area contributed by atoms with Gasteiger partial charge in [0.05, 0.1) is 0 Å². The van der Waals surface area contributed by atoms with Gasteiger partial charge in [0.25, 0.3) is 0 Å². The summed E-state index contributed by atoms with van der Waals surface area (Å²) in [5, 5.41) is 10.4. The van der Waals surface area contributed by atoms with Gasteiger partial charge in [-0.05, 0) is 44.1 Å². The number of phenolic OH excluding ortho intramolecular Hbond substituents is 1. The van der Waals surface area contributed by atoms with Crippen molar-refractivity contribution in [1.82, 2.24) is 4.90 Å². The third-order valence-electron chi connectivity index (χ3n) is 6.10. The molecular formula is C19H21NO4. The Kier molecular flexibility index (Phi) is 1.79. The maximum atomic E-state index is 12.1. The SMILES string of the molecule is [2H]C([2H])([2H])C(=O)OC1C=CC2C3Cc4ccc(O)c5c4[C@@]2(CCN3C([2H])([2H])[2H])C1O5. The number of aromatic hydroxyl groups is 1. The van der Waals surface area contributed by atoms with E-state index >= 15 is 0 Å². The van der Waals surface area contributed by atoms with Crippen molar-refractivity contribution < 1.29 is 27.6 Å². The standard InChI is InChI=1S/C19H21NO4/c1-10(21)23-15-6-4-12-13-9-11-3-5-14(22)17-16(11)19(12,18(15)24-17)7-8-20(13)2/h3-6,12-13,15,18,22H,7-9H2,1-2H3/t12?,13?,15?,18?,19-/m0/s1/i1D3,2D3. The number of carbonyl (C=O) groups is 1. The van der Waals surface area contributed by atoms with Gasteiger partial charge in [-0.15, -0.1) is 0 Å². The first-order chi connectivity index (χ1) is 13.9. The van der Waals surface area contributed by atoms with Crippen LogP contribution in [-0.2, 0) is 21.4 Å². The van der Waals surface area contributed by atoms with Gasteiger partial charge in [0.1, 0.15) is 6.10 Å². The van der Waals surface area contributed by atoms with Crippen molar-refractivity contribution in [1.29, 1.82) is 0 Å². The van der Waals surface area contributed by atoms with Crippen molar-refractivity contribution in [2.75, 3.05) is 13.5 Å². The first kappa shape index (κ1) is 9.47. The predicted octanol–water partition coefficient (Wildman–Crippen LogP) is 1.77. The smallest absolute Gasteiger partial charge is 0.303 e. The van der Waals surface area contributed by atoms with Crippen LogP contribution in [0.15, 0.2) is 24.3 Å². The Bertz CT molecular complexity index is 958. The van der Waals surface area contributed by atoms with Gasteiger partial charge in [0.15, 0.2) is 17.6 Å². The summed E-state index contributed by atoms with van der Waals surface area (Å²) in [5.74, 6) is -1.26. The number of nitrogens with zero attached hydrogens (tertiary/aromatic N) is 1. The van der Waals surface area contributed by atoms with E-state index in [0.717, 1.165) is 11.1 Å². The van der Waals surface area contributed by atoms with Crippen LogP contribution < -0.4 is 4.74 Å². The molecule has 5 rings (SSSR count). The molecule has 1 aromatic carbocycles. The van der Waals surface area contributed by atoms with Gasteiger partial charge in [-0.1, -0.05) is 12.1 Å². The van der Waals surface area contributed by atoms with Gasteiger partial charge >= 0.3 is 5.97 Å². The van der Waals surface area contributed by atoms with Gasteiger partial charge in [-0.25, -0.2) is 0 Å². The number of esters is 1. The minimum absolute atomic E-state index is 0.0335. The van der Waals surface area contributed by atoms with Crippen LogP contribution >= 0.6 is 0 Å². The number of rotatable bonds is 1. The third-order valence-corrected chi connectivity index (χ3v) is 6.10. The van der Waals surface area contributed by atoms with E-state index < -0.39 is 37.4 Å². The van der Waals surface area contributed by atoms with Gasteiger partial charge < -0.3 is 19.5 Å². The summed E-state index contributed by atoms with van der Waals surface area (Å²) in [6.07, 6.45) is 2.66. The second-order valence-electron chi connectivity index (χ2n) is 7.02. The van der Waals surface area contributed by atoms with Crippen LogP contribution in [0.2, 0.25) is 0 Å². The van der Waals surface area contributed by atoms with Crippen molar-refractivity contribution in [3.8, 4) is 11.5 Å². The number of carbonyl (C=O) groups excluding carboxylic acids is 1. The fraction of sp³-hybridized carbons (Fsp3) is 0.526. The largest absolute Gasteiger partial charge is 0.504 e. The molecule has 2 heterocycles. The molecule has 4 unspecified atom stereocenters. The highest BCUT2D eigenvalue weighted by Crippen LogP contribution is 2.62. The summed E-state index contributed by atoms with van der Waals surface area (Å²) in [6.45, 7) is -4.86. The molecule has 0 aromatic heterocycles. The molecule has 4 aliphatic rings. The van der Waals surface area contributed by atoms with Crippen LogP contribution in [0.3, 0.4) is 0 Å². The number of hydrogen-bond donors (Lipinski definition) is 1. The number of likely N-dealkylation sites (N-methyl/N-ethyl adjacent to an activating group) is 1. The molecule has 5 nitrogen and oxygen atoms in total. The van der Waals surface area contributed by atoms with Crippen LogP contribution in [0.4, 0.5) is 0 Å². The van der Waals surface area contributed by atoms with Crippen LogP contribution in [0.25, 0.3) is 0 Å². The molecule has 2 aliphatic heterocycles. The van der Waals surface area contributed by atoms with Crippen molar-refractivity contribution in [3.63, 3.8) is 0 Å². The number of ether oxygens (including phenoxy) is 2. The number of phenols is 1. The summed E-state index contributed by atoms with van der Waals surface area (Å²) in [6, 6.07) is 3.00. The summed E-state index contributed by atoms with van der Waals surface area (Å²) in [5.41, 5.74) is 1.04. The molecule has 126 valence electrons. The summed E-state index contributed by atoms with van der Waals surface area (Å²) >= 11 is 0. The summed E-state index contributed by atoms with van der Waals surface area (Å²) in [4.78, 5) is 13.6. The Morgan fingerprint density at radius 1 is 1.50 bits per heavy atom. The lowest BCUT2D eigenvalue weighted by molar-refractivity contribution is -0.152. The third kappa shape index (κ3) is 1.56. The molecule has 1 spiro atoms. The molecule has 0 saturated carbocycles. The van der Waals surface area contributed by atoms with Crippen molar-refractivity contribution in [3.05, 3.63) is 35.4 Å². The quantitative estimate of drug-likeness (QED) is 0.627. The summed E-state index contributed by atoms with van der Waals surface area (Å²) < 4.78 is 57.3. The molecule has 2 bridgehead atoms. The monoisotopic (exact) mass is 333 g/mol. The number of likely N-dealkylation sites (tertiary alicyclic amines) is 1. The molecule has 24 heavy (non-hydrogen) atoms. The van der Waals surface area contributed by atoms with Crippen LogP contribution in [-0.4, -0.2) is 47.7 Å². The molecule has 5 heteroatoms. The number of benzene rings is 1. The van der Waals surface area contributed by atoms with E-state index in [4.69, 9.17) is 17.7 Å². The van der Waals surface area contributed by atoms with E-state index in [2.05, 4.69) is 0 Å². The average Bonchev–Trinajstić information content (AvgIpc) is 2.97. The summed E-state index contributed by atoms with van der Waals surface area (Å²) in [7, 11) is 0. The van der Waals surface area contributed by atoms with Crippen molar-refractivity contribution in [2.24, 2.45) is 5.92 Å². The van der Waals surface area contributed by atoms with E-state index in [0.29, 0.717) is 25.1 Å². The topological polar surface area (TPSA) is 59.0 Å². The normalized spacial score (nSPS) is 43.2. The lowest BCUT2D eigenvalue weighted by Gasteiger charge is -2.56. The van der Waals surface area contributed by atoms with Crippen LogP contribution in [0.5, 0.6) is 11.5 Å². The Hall–Kier alpha value is -2.01. The molecule has 5 atom stereocenters. The minimum atomic E-state index is -2.90. The molecule has 1 saturated heterocycles. The molecule has 0 radical (unpaired) electrons. The highest BCUT2D eigenvalue weighted by atomic mass is 16.6. The lowest BCUT2D eigenvalue weighted by Crippen LogP contribution is -2.65. The number of piperidine rings is 1. The molecular weight excluding hydrogens is 306 g/mol. The average molecular weight is 333 g/mol.